The van der Waals surface area contributed by atoms with E-state index in [-0.39, 0.29) is 47.6 Å². The molecule has 4 fully saturated rings. The summed E-state index contributed by atoms with van der Waals surface area (Å²) in [6.45, 7) is 6.24. The fourth-order valence-corrected chi connectivity index (χ4v) is 13.1. The number of anilines is 1. The number of carbonyl (C=O) groups excluding carboxylic acids is 4. The van der Waals surface area contributed by atoms with Crippen LogP contribution in [0.25, 0.3) is 20.7 Å². The van der Waals surface area contributed by atoms with E-state index in [0.29, 0.717) is 45.8 Å². The number of hydrogen-bond donors (Lipinski definition) is 1. The largest absolute Gasteiger partial charge is 0.503 e. The molecule has 61 heavy (non-hydrogen) atoms. The van der Waals surface area contributed by atoms with Gasteiger partial charge in [-0.05, 0) is 114 Å². The molecule has 5 heterocycles. The second-order valence-electron chi connectivity index (χ2n) is 17.5. The number of imide groups is 2. The Morgan fingerprint density at radius 1 is 0.984 bits per heavy atom. The highest BCUT2D eigenvalue weighted by Crippen LogP contribution is 2.64. The number of carbonyl (C=O) groups is 4. The molecule has 10 rings (SSSR count). The van der Waals surface area contributed by atoms with E-state index in [1.165, 1.54) is 17.6 Å². The highest BCUT2D eigenvalue weighted by atomic mass is 79.9. The van der Waals surface area contributed by atoms with Gasteiger partial charge < -0.3 is 9.84 Å². The predicted molar refractivity (Wildman–Crippen MR) is 237 cm³/mol. The van der Waals surface area contributed by atoms with E-state index in [0.717, 1.165) is 45.7 Å². The van der Waals surface area contributed by atoms with Crippen molar-refractivity contribution in [2.45, 2.75) is 58.0 Å². The average molecular weight is 923 g/mol. The normalized spacial score (nSPS) is 26.9. The number of hydrogen-bond acceptors (Lipinski definition) is 9. The number of thiophene rings is 1. The summed E-state index contributed by atoms with van der Waals surface area (Å²) >= 11 is 11.4. The van der Waals surface area contributed by atoms with Crippen LogP contribution in [0, 0.1) is 36.0 Å². The zero-order valence-electron chi connectivity index (χ0n) is 34.2. The molecule has 3 saturated heterocycles. The van der Waals surface area contributed by atoms with Crippen LogP contribution in [0.15, 0.2) is 82.9 Å². The number of nitrogens with zero attached hydrogens (tertiary/aromatic N) is 5. The van der Waals surface area contributed by atoms with Gasteiger partial charge in [-0.1, -0.05) is 53.6 Å². The first-order valence-electron chi connectivity index (χ1n) is 20.8. The third-order valence-electron chi connectivity index (χ3n) is 14.3. The third-order valence-corrected chi connectivity index (χ3v) is 16.4. The van der Waals surface area contributed by atoms with E-state index < -0.39 is 35.0 Å². The van der Waals surface area contributed by atoms with Crippen molar-refractivity contribution in [2.24, 2.45) is 36.1 Å². The maximum atomic E-state index is 15.3. The molecule has 5 aromatic rings. The van der Waals surface area contributed by atoms with Crippen LogP contribution in [0.2, 0.25) is 5.02 Å². The lowest BCUT2D eigenvalue weighted by Gasteiger charge is -2.49. The summed E-state index contributed by atoms with van der Waals surface area (Å²) in [5.41, 5.74) is 3.11. The molecule has 0 spiro atoms. The zero-order valence-corrected chi connectivity index (χ0v) is 37.4. The molecule has 14 heteroatoms. The number of aryl methyl sites for hydroxylation is 2. The molecule has 11 nitrogen and oxygen atoms in total. The van der Waals surface area contributed by atoms with E-state index in [2.05, 4.69) is 39.0 Å². The number of ether oxygens (including phenoxy) is 1. The van der Waals surface area contributed by atoms with Gasteiger partial charge >= 0.3 is 0 Å². The highest BCUT2D eigenvalue weighted by molar-refractivity contribution is 9.10. The summed E-state index contributed by atoms with van der Waals surface area (Å²) < 4.78 is 8.62. The average Bonchev–Trinajstić information content (AvgIpc) is 3.92. The number of amides is 4. The minimum atomic E-state index is -1.29. The number of methoxy groups -OCH3 is 1. The van der Waals surface area contributed by atoms with E-state index in [9.17, 15) is 14.7 Å². The Bertz CT molecular complexity index is 2710. The zero-order chi connectivity index (χ0) is 42.6. The van der Waals surface area contributed by atoms with Crippen molar-refractivity contribution in [2.75, 3.05) is 25.1 Å². The number of halogens is 2. The van der Waals surface area contributed by atoms with E-state index in [4.69, 9.17) is 21.4 Å². The van der Waals surface area contributed by atoms with Gasteiger partial charge in [-0.3, -0.25) is 33.7 Å². The molecule has 6 atom stereocenters. The second-order valence-corrected chi connectivity index (χ2v) is 19.8. The number of piperidine rings is 1. The van der Waals surface area contributed by atoms with Crippen LogP contribution in [0.3, 0.4) is 0 Å². The summed E-state index contributed by atoms with van der Waals surface area (Å²) in [5, 5.41) is 17.4. The Morgan fingerprint density at radius 2 is 1.74 bits per heavy atom. The van der Waals surface area contributed by atoms with Gasteiger partial charge in [-0.2, -0.15) is 5.10 Å². The molecular weight excluding hydrogens is 878 g/mol. The number of phenolic OH excluding ortho intramolecular Hbond substituents is 1. The first-order chi connectivity index (χ1) is 29.3. The van der Waals surface area contributed by atoms with E-state index >= 15 is 9.59 Å². The van der Waals surface area contributed by atoms with Gasteiger partial charge in [0.15, 0.2) is 11.5 Å². The molecule has 2 aliphatic carbocycles. The topological polar surface area (TPSA) is 125 Å². The van der Waals surface area contributed by atoms with Gasteiger partial charge in [-0.15, -0.1) is 11.3 Å². The van der Waals surface area contributed by atoms with Crippen LogP contribution in [0.5, 0.6) is 11.5 Å². The lowest BCUT2D eigenvalue weighted by molar-refractivity contribution is -0.144. The van der Waals surface area contributed by atoms with Crippen LogP contribution in [-0.2, 0) is 32.8 Å². The molecule has 1 saturated carbocycles. The first kappa shape index (κ1) is 40.3. The molecule has 2 aromatic heterocycles. The Balaban J connectivity index is 1.01. The van der Waals surface area contributed by atoms with Crippen LogP contribution < -0.4 is 9.64 Å². The van der Waals surface area contributed by atoms with Gasteiger partial charge in [0.1, 0.15) is 11.5 Å². The number of aromatic hydroxyl groups is 1. The molecule has 5 aliphatic rings. The summed E-state index contributed by atoms with van der Waals surface area (Å²) in [6.07, 6.45) is 4.04. The quantitative estimate of drug-likeness (QED) is 0.127. The van der Waals surface area contributed by atoms with E-state index in [1.54, 1.807) is 46.2 Å². The fraction of sp³-hybridized carbons (Fsp3) is 0.383. The van der Waals surface area contributed by atoms with Gasteiger partial charge in [-0.25, -0.2) is 4.90 Å². The molecular formula is C47H45BrClN5O6S. The molecule has 4 amide bonds. The molecule has 1 N–H and O–H groups in total. The number of aromatic nitrogens is 2. The summed E-state index contributed by atoms with van der Waals surface area (Å²) in [6, 6.07) is 21.2. The third kappa shape index (κ3) is 6.16. The summed E-state index contributed by atoms with van der Waals surface area (Å²) in [5.74, 6) is -3.74. The molecule has 3 aromatic carbocycles. The van der Waals surface area contributed by atoms with Crippen LogP contribution in [0.4, 0.5) is 5.82 Å². The van der Waals surface area contributed by atoms with Gasteiger partial charge in [0.25, 0.3) is 0 Å². The van der Waals surface area contributed by atoms with Crippen LogP contribution in [0.1, 0.15) is 55.2 Å². The molecule has 314 valence electrons. The van der Waals surface area contributed by atoms with Crippen LogP contribution in [-0.4, -0.2) is 74.6 Å². The Morgan fingerprint density at radius 3 is 2.48 bits per heavy atom. The molecule has 3 aliphatic heterocycles. The monoisotopic (exact) mass is 921 g/mol. The Labute approximate surface area is 371 Å². The molecule has 0 bridgehead atoms. The molecule has 0 radical (unpaired) electrons. The van der Waals surface area contributed by atoms with Crippen molar-refractivity contribution < 1.29 is 29.0 Å². The SMILES string of the molecule is COc1cc(C2C3=CCC4C(=O)N(C5CCN(Cc6ccccc6)CC5)C(=O)C4C3CC3C(=O)N(c4cc(-c5sc6ccc(Cl)cc6c5C)nn4C)C(=O)C32C)cc(Br)c1O. The van der Waals surface area contributed by atoms with Crippen molar-refractivity contribution in [3.8, 4) is 22.1 Å². The van der Waals surface area contributed by atoms with E-state index in [1.807, 2.05) is 50.2 Å². The Hall–Kier alpha value is -4.82. The highest BCUT2D eigenvalue weighted by Gasteiger charge is 2.68. The lowest BCUT2D eigenvalue weighted by atomic mass is 9.51. The maximum absolute atomic E-state index is 15.3. The van der Waals surface area contributed by atoms with Crippen molar-refractivity contribution in [3.63, 3.8) is 0 Å². The minimum Gasteiger partial charge on any atom is -0.503 e. The number of allylic oxidation sites excluding steroid dienone is 2. The Kier molecular flexibility index (Phi) is 9.85. The number of rotatable bonds is 7. The smallest absolute Gasteiger partial charge is 0.242 e. The van der Waals surface area contributed by atoms with Gasteiger partial charge in [0.05, 0.1) is 39.6 Å². The van der Waals surface area contributed by atoms with Crippen molar-refractivity contribution >= 4 is 78.4 Å². The number of benzene rings is 3. The maximum Gasteiger partial charge on any atom is 0.242 e. The molecule has 6 unspecified atom stereocenters. The summed E-state index contributed by atoms with van der Waals surface area (Å²) in [4.78, 5) is 65.8. The van der Waals surface area contributed by atoms with Gasteiger partial charge in [0.2, 0.25) is 23.6 Å². The first-order valence-corrected chi connectivity index (χ1v) is 22.8. The van der Waals surface area contributed by atoms with Crippen LogP contribution >= 0.6 is 38.9 Å². The van der Waals surface area contributed by atoms with Gasteiger partial charge in [0, 0.05) is 54.4 Å². The predicted octanol–water partition coefficient (Wildman–Crippen LogP) is 8.64. The van der Waals surface area contributed by atoms with Crippen molar-refractivity contribution in [3.05, 3.63) is 105 Å². The lowest BCUT2D eigenvalue weighted by Crippen LogP contribution is -2.49. The number of fused-ring (bicyclic) bond motifs is 5. The summed E-state index contributed by atoms with van der Waals surface area (Å²) in [7, 11) is 3.20. The number of phenols is 1. The standard InChI is InChI=1S/C47H45BrClN5O6S/c1-24-31-20-27(49)10-13-37(31)61-42(24)35-22-38(51(3)50-35)54-44(57)33-21-32-29(40(47(33,2)46(54)59)26-18-34(48)41(55)36(19-26)60-4)11-12-30-39(32)45(58)53(43(30)56)28-14-16-52(17-15-28)23-25-8-6-5-7-9-25/h5-11,13,18-20,22,28,30,32-33,39-40,55H,12,14-17,21,23H2,1-4H3. The fourth-order valence-electron chi connectivity index (χ4n) is 11.3. The van der Waals surface area contributed by atoms with Crippen molar-refractivity contribution in [1.82, 2.24) is 19.6 Å². The second kappa shape index (κ2) is 14.9. The minimum absolute atomic E-state index is 0.0864. The number of likely N-dealkylation sites (tertiary alicyclic amines) is 2. The van der Waals surface area contributed by atoms with Crippen molar-refractivity contribution in [1.29, 1.82) is 0 Å².